The van der Waals surface area contributed by atoms with Gasteiger partial charge in [0.1, 0.15) is 5.75 Å². The molecule has 102 valence electrons. The highest BCUT2D eigenvalue weighted by Crippen LogP contribution is 2.32. The van der Waals surface area contributed by atoms with Crippen molar-refractivity contribution in [2.45, 2.75) is 40.7 Å². The van der Waals surface area contributed by atoms with E-state index >= 15 is 0 Å². The Morgan fingerprint density at radius 2 is 1.56 bits per heavy atom. The van der Waals surface area contributed by atoms with E-state index in [1.165, 1.54) is 16.7 Å². The van der Waals surface area contributed by atoms with Gasteiger partial charge >= 0.3 is 0 Å². The average molecular weight is 249 g/mol. The van der Waals surface area contributed by atoms with E-state index in [4.69, 9.17) is 4.74 Å². The average Bonchev–Trinajstić information content (AvgIpc) is 2.29. The molecule has 0 heterocycles. The van der Waals surface area contributed by atoms with Crippen LogP contribution in [-0.2, 0) is 0 Å². The molecule has 0 aliphatic heterocycles. The molecular weight excluding hydrogens is 222 g/mol. The summed E-state index contributed by atoms with van der Waals surface area (Å²) in [6.45, 7) is 11.1. The maximum absolute atomic E-state index is 5.43. The molecule has 18 heavy (non-hydrogen) atoms. The predicted octanol–water partition coefficient (Wildman–Crippen LogP) is 3.86. The number of methoxy groups -OCH3 is 1. The predicted molar refractivity (Wildman–Crippen MR) is 78.3 cm³/mol. The molecule has 1 rings (SSSR count). The molecule has 0 aliphatic rings. The molecule has 2 unspecified atom stereocenters. The summed E-state index contributed by atoms with van der Waals surface area (Å²) < 4.78 is 5.43. The summed E-state index contributed by atoms with van der Waals surface area (Å²) in [6.07, 6.45) is 0. The van der Waals surface area contributed by atoms with E-state index in [1.807, 2.05) is 7.05 Å². The van der Waals surface area contributed by atoms with Crippen LogP contribution in [0.25, 0.3) is 0 Å². The second-order valence-electron chi connectivity index (χ2n) is 5.56. The van der Waals surface area contributed by atoms with Gasteiger partial charge in [-0.1, -0.05) is 32.9 Å². The van der Waals surface area contributed by atoms with E-state index in [1.54, 1.807) is 7.11 Å². The van der Waals surface area contributed by atoms with Crippen molar-refractivity contribution in [1.29, 1.82) is 0 Å². The Kier molecular flexibility index (Phi) is 5.21. The van der Waals surface area contributed by atoms with Crippen LogP contribution in [0.1, 0.15) is 43.5 Å². The lowest BCUT2D eigenvalue weighted by atomic mass is 9.85. The lowest BCUT2D eigenvalue weighted by molar-refractivity contribution is 0.316. The molecule has 1 aromatic rings. The van der Waals surface area contributed by atoms with E-state index in [9.17, 15) is 0 Å². The van der Waals surface area contributed by atoms with Crippen molar-refractivity contribution in [3.05, 3.63) is 28.8 Å². The maximum Gasteiger partial charge on any atom is 0.124 e. The number of hydrogen-bond donors (Lipinski definition) is 1. The highest BCUT2D eigenvalue weighted by Gasteiger charge is 2.21. The molecule has 2 nitrogen and oxygen atoms in total. The zero-order valence-electron chi connectivity index (χ0n) is 12.8. The molecule has 0 spiro atoms. The van der Waals surface area contributed by atoms with Crippen LogP contribution >= 0.6 is 0 Å². The highest BCUT2D eigenvalue weighted by atomic mass is 16.5. The van der Waals surface area contributed by atoms with Crippen LogP contribution in [0, 0.1) is 25.7 Å². The first-order valence-electron chi connectivity index (χ1n) is 6.74. The van der Waals surface area contributed by atoms with Crippen molar-refractivity contribution in [3.8, 4) is 5.75 Å². The van der Waals surface area contributed by atoms with Crippen molar-refractivity contribution in [2.75, 3.05) is 14.2 Å². The van der Waals surface area contributed by atoms with Gasteiger partial charge < -0.3 is 10.1 Å². The monoisotopic (exact) mass is 249 g/mol. The van der Waals surface area contributed by atoms with Crippen LogP contribution in [0.15, 0.2) is 12.1 Å². The highest BCUT2D eigenvalue weighted by molar-refractivity contribution is 5.44. The van der Waals surface area contributed by atoms with Gasteiger partial charge in [0.15, 0.2) is 0 Å². The third kappa shape index (κ3) is 3.05. The van der Waals surface area contributed by atoms with E-state index in [2.05, 4.69) is 52.1 Å². The van der Waals surface area contributed by atoms with Crippen molar-refractivity contribution in [3.63, 3.8) is 0 Å². The molecule has 0 amide bonds. The fourth-order valence-electron chi connectivity index (χ4n) is 2.60. The smallest absolute Gasteiger partial charge is 0.124 e. The van der Waals surface area contributed by atoms with Gasteiger partial charge in [-0.15, -0.1) is 0 Å². The summed E-state index contributed by atoms with van der Waals surface area (Å²) in [4.78, 5) is 0. The summed E-state index contributed by atoms with van der Waals surface area (Å²) in [5, 5.41) is 3.45. The molecule has 0 saturated carbocycles. The lowest BCUT2D eigenvalue weighted by Crippen LogP contribution is -2.26. The third-order valence-electron chi connectivity index (χ3n) is 3.93. The molecule has 0 aromatic heterocycles. The Balaban J connectivity index is 3.15. The number of aryl methyl sites for hydroxylation is 2. The maximum atomic E-state index is 5.43. The zero-order chi connectivity index (χ0) is 13.9. The first kappa shape index (κ1) is 15.0. The van der Waals surface area contributed by atoms with Gasteiger partial charge in [0.2, 0.25) is 0 Å². The molecule has 2 atom stereocenters. The topological polar surface area (TPSA) is 21.3 Å². The summed E-state index contributed by atoms with van der Waals surface area (Å²) in [5.41, 5.74) is 3.78. The minimum atomic E-state index is 0.397. The van der Waals surface area contributed by atoms with E-state index < -0.39 is 0 Å². The third-order valence-corrected chi connectivity index (χ3v) is 3.93. The Hall–Kier alpha value is -1.02. The van der Waals surface area contributed by atoms with Crippen LogP contribution in [0.4, 0.5) is 0 Å². The van der Waals surface area contributed by atoms with Gasteiger partial charge in [0.25, 0.3) is 0 Å². The summed E-state index contributed by atoms with van der Waals surface area (Å²) in [5.74, 6) is 2.26. The Labute approximate surface area is 112 Å². The van der Waals surface area contributed by atoms with Gasteiger partial charge in [0.05, 0.1) is 7.11 Å². The van der Waals surface area contributed by atoms with E-state index in [0.29, 0.717) is 17.9 Å². The van der Waals surface area contributed by atoms with Crippen LogP contribution in [0.5, 0.6) is 5.75 Å². The van der Waals surface area contributed by atoms with Gasteiger partial charge in [-0.2, -0.15) is 0 Å². The van der Waals surface area contributed by atoms with Crippen molar-refractivity contribution in [1.82, 2.24) is 5.32 Å². The molecule has 2 heteroatoms. The fraction of sp³-hybridized carbons (Fsp3) is 0.625. The number of ether oxygens (including phenoxy) is 1. The zero-order valence-corrected chi connectivity index (χ0v) is 12.8. The second-order valence-corrected chi connectivity index (χ2v) is 5.56. The quantitative estimate of drug-likeness (QED) is 0.855. The molecule has 1 aromatic carbocycles. The number of nitrogens with one attached hydrogen (secondary N) is 1. The number of benzene rings is 1. The fourth-order valence-corrected chi connectivity index (χ4v) is 2.60. The Morgan fingerprint density at radius 3 is 1.89 bits per heavy atom. The summed E-state index contributed by atoms with van der Waals surface area (Å²) in [6, 6.07) is 4.88. The van der Waals surface area contributed by atoms with Gasteiger partial charge in [-0.05, 0) is 49.4 Å². The minimum absolute atomic E-state index is 0.397. The van der Waals surface area contributed by atoms with Crippen LogP contribution < -0.4 is 10.1 Å². The van der Waals surface area contributed by atoms with Gasteiger partial charge in [-0.25, -0.2) is 0 Å². The molecule has 0 saturated heterocycles. The molecule has 0 bridgehead atoms. The Bertz CT molecular complexity index is 375. The van der Waals surface area contributed by atoms with Crippen LogP contribution in [0.2, 0.25) is 0 Å². The van der Waals surface area contributed by atoms with E-state index in [-0.39, 0.29) is 0 Å². The summed E-state index contributed by atoms with van der Waals surface area (Å²) in [7, 11) is 3.78. The van der Waals surface area contributed by atoms with Crippen molar-refractivity contribution in [2.24, 2.45) is 11.8 Å². The van der Waals surface area contributed by atoms with Gasteiger partial charge in [-0.3, -0.25) is 0 Å². The first-order chi connectivity index (χ1) is 8.42. The number of hydrogen-bond acceptors (Lipinski definition) is 2. The molecule has 0 radical (unpaired) electrons. The minimum Gasteiger partial charge on any atom is -0.496 e. The Morgan fingerprint density at radius 1 is 1.06 bits per heavy atom. The lowest BCUT2D eigenvalue weighted by Gasteiger charge is -2.28. The molecule has 1 N–H and O–H groups in total. The molecule has 0 aliphatic carbocycles. The first-order valence-corrected chi connectivity index (χ1v) is 6.74. The van der Waals surface area contributed by atoms with Crippen molar-refractivity contribution < 1.29 is 4.74 Å². The van der Waals surface area contributed by atoms with Crippen LogP contribution in [-0.4, -0.2) is 14.2 Å². The largest absolute Gasteiger partial charge is 0.496 e. The summed E-state index contributed by atoms with van der Waals surface area (Å²) >= 11 is 0. The van der Waals surface area contributed by atoms with Gasteiger partial charge in [0, 0.05) is 6.04 Å². The normalized spacial score (nSPS) is 14.7. The molecular formula is C16H27NO. The molecule has 0 fully saturated rings. The van der Waals surface area contributed by atoms with Crippen LogP contribution in [0.3, 0.4) is 0 Å². The second kappa shape index (κ2) is 6.24. The standard InChI is InChI=1S/C16H27NO/c1-10(2)13(5)15(17-6)14-8-11(3)16(18-7)12(4)9-14/h8-10,13,15,17H,1-7H3. The SMILES string of the molecule is CNC(c1cc(C)c(OC)c(C)c1)C(C)C(C)C. The van der Waals surface area contributed by atoms with E-state index in [0.717, 1.165) is 5.75 Å². The number of rotatable bonds is 5. The van der Waals surface area contributed by atoms with Crippen molar-refractivity contribution >= 4 is 0 Å².